The summed E-state index contributed by atoms with van der Waals surface area (Å²) < 4.78 is 9.67. The number of nitrogens with zero attached hydrogens (tertiary/aromatic N) is 2. The smallest absolute Gasteiger partial charge is 0.409 e. The van der Waals surface area contributed by atoms with Gasteiger partial charge in [-0.05, 0) is 6.92 Å². The van der Waals surface area contributed by atoms with E-state index in [1.807, 2.05) is 6.07 Å². The summed E-state index contributed by atoms with van der Waals surface area (Å²) in [5.41, 5.74) is 0. The molecule has 0 unspecified atom stereocenters. The van der Waals surface area contributed by atoms with E-state index in [1.54, 1.807) is 14.0 Å². The number of amides is 1. The Bertz CT molecular complexity index is 201. The van der Waals surface area contributed by atoms with Crippen LogP contribution in [0.1, 0.15) is 13.3 Å². The largest absolute Gasteiger partial charge is 0.450 e. The molecule has 0 atom stereocenters. The number of rotatable bonds is 6. The first-order chi connectivity index (χ1) is 6.76. The summed E-state index contributed by atoms with van der Waals surface area (Å²) >= 11 is 0. The monoisotopic (exact) mass is 200 g/mol. The number of methoxy groups -OCH3 is 1. The van der Waals surface area contributed by atoms with Crippen molar-refractivity contribution in [3.8, 4) is 6.07 Å². The van der Waals surface area contributed by atoms with Crippen LogP contribution in [0.5, 0.6) is 0 Å². The predicted octanol–water partition coefficient (Wildman–Crippen LogP) is 1.00. The number of nitriles is 1. The summed E-state index contributed by atoms with van der Waals surface area (Å²) in [6.07, 6.45) is -0.0810. The van der Waals surface area contributed by atoms with Crippen LogP contribution in [0.15, 0.2) is 0 Å². The molecule has 0 aromatic heterocycles. The highest BCUT2D eigenvalue weighted by Crippen LogP contribution is 1.96. The van der Waals surface area contributed by atoms with Crippen LogP contribution in [-0.2, 0) is 9.47 Å². The van der Waals surface area contributed by atoms with Crippen LogP contribution in [0.4, 0.5) is 4.79 Å². The minimum Gasteiger partial charge on any atom is -0.450 e. The number of carbonyl (C=O) groups excluding carboxylic acids is 1. The molecule has 80 valence electrons. The third-order valence-electron chi connectivity index (χ3n) is 1.58. The Hall–Kier alpha value is -1.28. The molecule has 0 rings (SSSR count). The van der Waals surface area contributed by atoms with E-state index in [2.05, 4.69) is 0 Å². The van der Waals surface area contributed by atoms with Crippen molar-refractivity contribution < 1.29 is 14.3 Å². The van der Waals surface area contributed by atoms with E-state index < -0.39 is 0 Å². The third kappa shape index (κ3) is 5.38. The molecule has 0 aromatic rings. The Balaban J connectivity index is 3.95. The summed E-state index contributed by atoms with van der Waals surface area (Å²) in [5, 5.41) is 8.39. The van der Waals surface area contributed by atoms with E-state index >= 15 is 0 Å². The van der Waals surface area contributed by atoms with Crippen molar-refractivity contribution in [2.24, 2.45) is 0 Å². The Morgan fingerprint density at radius 1 is 1.50 bits per heavy atom. The van der Waals surface area contributed by atoms with Crippen LogP contribution < -0.4 is 0 Å². The van der Waals surface area contributed by atoms with Gasteiger partial charge in [0.05, 0.1) is 25.7 Å². The Labute approximate surface area is 84.2 Å². The van der Waals surface area contributed by atoms with E-state index in [1.165, 1.54) is 4.90 Å². The number of hydrogen-bond donors (Lipinski definition) is 0. The molecule has 5 nitrogen and oxygen atoms in total. The molecule has 0 aliphatic heterocycles. The van der Waals surface area contributed by atoms with Crippen molar-refractivity contribution in [2.45, 2.75) is 13.3 Å². The maximum Gasteiger partial charge on any atom is 0.409 e. The van der Waals surface area contributed by atoms with Crippen molar-refractivity contribution in [1.29, 1.82) is 5.26 Å². The van der Waals surface area contributed by atoms with Crippen molar-refractivity contribution in [2.75, 3.05) is 33.4 Å². The molecule has 0 spiro atoms. The van der Waals surface area contributed by atoms with Gasteiger partial charge < -0.3 is 14.4 Å². The molecule has 0 aromatic carbocycles. The molecular formula is C9H16N2O3. The lowest BCUT2D eigenvalue weighted by Gasteiger charge is -2.19. The molecule has 5 heteroatoms. The normalized spacial score (nSPS) is 9.21. The van der Waals surface area contributed by atoms with E-state index in [4.69, 9.17) is 14.7 Å². The lowest BCUT2D eigenvalue weighted by molar-refractivity contribution is 0.0919. The van der Waals surface area contributed by atoms with Crippen LogP contribution in [0.3, 0.4) is 0 Å². The van der Waals surface area contributed by atoms with Crippen molar-refractivity contribution >= 4 is 6.09 Å². The number of hydrogen-bond acceptors (Lipinski definition) is 4. The van der Waals surface area contributed by atoms with E-state index in [9.17, 15) is 4.79 Å². The van der Waals surface area contributed by atoms with Gasteiger partial charge in [0.15, 0.2) is 0 Å². The summed E-state index contributed by atoms with van der Waals surface area (Å²) in [4.78, 5) is 12.8. The topological polar surface area (TPSA) is 62.6 Å². The van der Waals surface area contributed by atoms with E-state index in [0.717, 1.165) is 0 Å². The highest BCUT2D eigenvalue weighted by molar-refractivity contribution is 5.67. The average Bonchev–Trinajstić information content (AvgIpc) is 2.18. The van der Waals surface area contributed by atoms with Gasteiger partial charge in [-0.3, -0.25) is 0 Å². The van der Waals surface area contributed by atoms with Gasteiger partial charge in [0.1, 0.15) is 0 Å². The zero-order valence-corrected chi connectivity index (χ0v) is 8.65. The average molecular weight is 200 g/mol. The van der Waals surface area contributed by atoms with E-state index in [0.29, 0.717) is 32.7 Å². The lowest BCUT2D eigenvalue weighted by atomic mass is 10.4. The van der Waals surface area contributed by atoms with Gasteiger partial charge in [0, 0.05) is 20.2 Å². The SMILES string of the molecule is CCOC(=O)N(CCC#N)CCOC. The van der Waals surface area contributed by atoms with Crippen LogP contribution in [0.25, 0.3) is 0 Å². The predicted molar refractivity (Wildman–Crippen MR) is 50.7 cm³/mol. The molecule has 0 saturated carbocycles. The van der Waals surface area contributed by atoms with Gasteiger partial charge in [0.25, 0.3) is 0 Å². The molecule has 0 aliphatic carbocycles. The Morgan fingerprint density at radius 2 is 2.21 bits per heavy atom. The van der Waals surface area contributed by atoms with Gasteiger partial charge in [-0.2, -0.15) is 5.26 Å². The first-order valence-corrected chi connectivity index (χ1v) is 4.53. The lowest BCUT2D eigenvalue weighted by Crippen LogP contribution is -2.35. The Kier molecular flexibility index (Phi) is 7.56. The summed E-state index contributed by atoms with van der Waals surface area (Å²) in [5.74, 6) is 0. The van der Waals surface area contributed by atoms with Crippen LogP contribution in [0, 0.1) is 11.3 Å². The fraction of sp³-hybridized carbons (Fsp3) is 0.778. The maximum atomic E-state index is 11.3. The minimum absolute atomic E-state index is 0.308. The fourth-order valence-corrected chi connectivity index (χ4v) is 0.896. The summed E-state index contributed by atoms with van der Waals surface area (Å²) in [6.45, 7) is 3.38. The summed E-state index contributed by atoms with van der Waals surface area (Å²) in [6, 6.07) is 1.98. The number of ether oxygens (including phenoxy) is 2. The maximum absolute atomic E-state index is 11.3. The fourth-order valence-electron chi connectivity index (χ4n) is 0.896. The zero-order chi connectivity index (χ0) is 10.8. The molecule has 1 amide bonds. The van der Waals surface area contributed by atoms with Crippen molar-refractivity contribution in [3.05, 3.63) is 0 Å². The van der Waals surface area contributed by atoms with Crippen LogP contribution >= 0.6 is 0 Å². The highest BCUT2D eigenvalue weighted by Gasteiger charge is 2.12. The molecule has 0 N–H and O–H groups in total. The first-order valence-electron chi connectivity index (χ1n) is 4.53. The second kappa shape index (κ2) is 8.32. The van der Waals surface area contributed by atoms with Crippen LogP contribution in [0.2, 0.25) is 0 Å². The zero-order valence-electron chi connectivity index (χ0n) is 8.65. The van der Waals surface area contributed by atoms with Crippen LogP contribution in [-0.4, -0.2) is 44.4 Å². The second-order valence-electron chi connectivity index (χ2n) is 2.59. The molecule has 0 aliphatic rings. The minimum atomic E-state index is -0.389. The van der Waals surface area contributed by atoms with Gasteiger partial charge in [-0.25, -0.2) is 4.79 Å². The highest BCUT2D eigenvalue weighted by atomic mass is 16.6. The standard InChI is InChI=1S/C9H16N2O3/c1-3-14-9(12)11(6-4-5-10)7-8-13-2/h3-4,6-8H2,1-2H3. The molecule has 0 bridgehead atoms. The first kappa shape index (κ1) is 12.7. The molecule has 0 fully saturated rings. The Morgan fingerprint density at radius 3 is 2.71 bits per heavy atom. The van der Waals surface area contributed by atoms with Gasteiger partial charge in [-0.1, -0.05) is 0 Å². The van der Waals surface area contributed by atoms with Gasteiger partial charge >= 0.3 is 6.09 Å². The van der Waals surface area contributed by atoms with Crippen molar-refractivity contribution in [1.82, 2.24) is 4.90 Å². The molecule has 0 saturated heterocycles. The number of carbonyl (C=O) groups is 1. The third-order valence-corrected chi connectivity index (χ3v) is 1.58. The summed E-state index contributed by atoms with van der Waals surface area (Å²) in [7, 11) is 1.56. The van der Waals surface area contributed by atoms with Gasteiger partial charge in [0.2, 0.25) is 0 Å². The second-order valence-corrected chi connectivity index (χ2v) is 2.59. The van der Waals surface area contributed by atoms with Crippen molar-refractivity contribution in [3.63, 3.8) is 0 Å². The molecule has 0 radical (unpaired) electrons. The molecule has 0 heterocycles. The van der Waals surface area contributed by atoms with Gasteiger partial charge in [-0.15, -0.1) is 0 Å². The van der Waals surface area contributed by atoms with E-state index in [-0.39, 0.29) is 6.09 Å². The molecule has 14 heavy (non-hydrogen) atoms. The quantitative estimate of drug-likeness (QED) is 0.641. The molecular weight excluding hydrogens is 184 g/mol.